The normalized spacial score (nSPS) is 21.8. The van der Waals surface area contributed by atoms with E-state index in [0.29, 0.717) is 12.8 Å². The van der Waals surface area contributed by atoms with E-state index in [1.165, 1.54) is 4.31 Å². The molecule has 1 rings (SSSR count). The van der Waals surface area contributed by atoms with E-state index in [9.17, 15) is 13.2 Å². The van der Waals surface area contributed by atoms with Gasteiger partial charge in [0.05, 0.1) is 5.41 Å². The first-order valence-electron chi connectivity index (χ1n) is 5.99. The van der Waals surface area contributed by atoms with Gasteiger partial charge in [0.1, 0.15) is 0 Å². The summed E-state index contributed by atoms with van der Waals surface area (Å²) < 4.78 is 28.0. The first-order chi connectivity index (χ1) is 7.96. The van der Waals surface area contributed by atoms with Gasteiger partial charge < -0.3 is 5.11 Å². The van der Waals surface area contributed by atoms with Gasteiger partial charge in [-0.1, -0.05) is 0 Å². The summed E-state index contributed by atoms with van der Waals surface area (Å²) in [5.41, 5.74) is -1.35. The maximum atomic E-state index is 12.0. The molecule has 0 amide bonds. The lowest BCUT2D eigenvalue weighted by atomic mass is 9.81. The van der Waals surface area contributed by atoms with Gasteiger partial charge in [-0.25, -0.2) is 0 Å². The number of carboxylic acid groups (broad SMARTS) is 1. The highest BCUT2D eigenvalue weighted by Gasteiger charge is 2.40. The van der Waals surface area contributed by atoms with E-state index in [2.05, 4.69) is 4.72 Å². The number of rotatable bonds is 3. The smallest absolute Gasteiger partial charge is 0.309 e. The second-order valence-electron chi connectivity index (χ2n) is 6.12. The molecule has 0 spiro atoms. The molecule has 0 aromatic rings. The van der Waals surface area contributed by atoms with Crippen LogP contribution in [0.1, 0.15) is 40.5 Å². The van der Waals surface area contributed by atoms with Gasteiger partial charge in [-0.2, -0.15) is 17.4 Å². The molecule has 1 aliphatic heterocycles. The van der Waals surface area contributed by atoms with Gasteiger partial charge >= 0.3 is 5.97 Å². The molecular formula is C11H22N2O4S. The third-order valence-electron chi connectivity index (χ3n) is 3.12. The van der Waals surface area contributed by atoms with Crippen molar-refractivity contribution in [2.75, 3.05) is 13.1 Å². The maximum Gasteiger partial charge on any atom is 0.309 e. The number of carboxylic acids is 1. The minimum atomic E-state index is -3.53. The van der Waals surface area contributed by atoms with Crippen LogP contribution in [-0.4, -0.2) is 42.4 Å². The molecule has 0 radical (unpaired) electrons. The van der Waals surface area contributed by atoms with Crippen LogP contribution in [0.4, 0.5) is 0 Å². The molecule has 0 bridgehead atoms. The van der Waals surface area contributed by atoms with Crippen molar-refractivity contribution in [3.05, 3.63) is 0 Å². The van der Waals surface area contributed by atoms with Crippen LogP contribution in [0.2, 0.25) is 0 Å². The molecule has 1 heterocycles. The largest absolute Gasteiger partial charge is 0.481 e. The molecule has 2 N–H and O–H groups in total. The van der Waals surface area contributed by atoms with Gasteiger partial charge in [-0.3, -0.25) is 4.79 Å². The molecule has 6 nitrogen and oxygen atoms in total. The van der Waals surface area contributed by atoms with Crippen molar-refractivity contribution in [1.29, 1.82) is 0 Å². The standard InChI is InChI=1S/C11H22N2O4S/c1-10(2,3)12-18(16,17)13-7-5-11(4,6-8-13)9(14)15/h12H,5-8H2,1-4H3,(H,14,15). The first kappa shape index (κ1) is 15.4. The van der Waals surface area contributed by atoms with Gasteiger partial charge in [0.15, 0.2) is 0 Å². The molecule has 1 saturated heterocycles. The Balaban J connectivity index is 2.72. The Morgan fingerprint density at radius 1 is 1.28 bits per heavy atom. The van der Waals surface area contributed by atoms with E-state index in [-0.39, 0.29) is 13.1 Å². The van der Waals surface area contributed by atoms with E-state index >= 15 is 0 Å². The maximum absolute atomic E-state index is 12.0. The molecule has 0 atom stereocenters. The van der Waals surface area contributed by atoms with Crippen molar-refractivity contribution < 1.29 is 18.3 Å². The highest BCUT2D eigenvalue weighted by atomic mass is 32.2. The fraction of sp³-hybridized carbons (Fsp3) is 0.909. The van der Waals surface area contributed by atoms with Crippen LogP contribution in [0.25, 0.3) is 0 Å². The van der Waals surface area contributed by atoms with Gasteiger partial charge in [-0.05, 0) is 40.5 Å². The second kappa shape index (κ2) is 4.79. The average molecular weight is 278 g/mol. The van der Waals surface area contributed by atoms with Crippen LogP contribution in [0.5, 0.6) is 0 Å². The van der Waals surface area contributed by atoms with Gasteiger partial charge in [0.25, 0.3) is 10.2 Å². The van der Waals surface area contributed by atoms with Gasteiger partial charge in [0.2, 0.25) is 0 Å². The van der Waals surface area contributed by atoms with Crippen LogP contribution in [0.3, 0.4) is 0 Å². The topological polar surface area (TPSA) is 86.7 Å². The Morgan fingerprint density at radius 2 is 1.72 bits per heavy atom. The fourth-order valence-corrected chi connectivity index (χ4v) is 3.45. The molecule has 18 heavy (non-hydrogen) atoms. The number of piperidine rings is 1. The lowest BCUT2D eigenvalue weighted by molar-refractivity contribution is -0.150. The Labute approximate surface area is 109 Å². The van der Waals surface area contributed by atoms with E-state index < -0.39 is 27.1 Å². The minimum absolute atomic E-state index is 0.244. The third kappa shape index (κ3) is 3.66. The second-order valence-corrected chi connectivity index (χ2v) is 7.79. The van der Waals surface area contributed by atoms with Crippen LogP contribution in [0.15, 0.2) is 0 Å². The predicted molar refractivity (Wildman–Crippen MR) is 68.4 cm³/mol. The number of hydrogen-bond donors (Lipinski definition) is 2. The summed E-state index contributed by atoms with van der Waals surface area (Å²) in [5.74, 6) is -0.858. The molecule has 1 aliphatic rings. The van der Waals surface area contributed by atoms with Crippen molar-refractivity contribution in [1.82, 2.24) is 9.03 Å². The highest BCUT2D eigenvalue weighted by Crippen LogP contribution is 2.32. The quantitative estimate of drug-likeness (QED) is 0.799. The van der Waals surface area contributed by atoms with Crippen molar-refractivity contribution in [3.8, 4) is 0 Å². The molecule has 0 saturated carbocycles. The zero-order valence-corrected chi connectivity index (χ0v) is 12.2. The number of carbonyl (C=O) groups is 1. The zero-order chi connectivity index (χ0) is 14.2. The summed E-state index contributed by atoms with van der Waals surface area (Å²) in [4.78, 5) is 11.1. The molecular weight excluding hydrogens is 256 g/mol. The molecule has 1 fully saturated rings. The summed E-state index contributed by atoms with van der Waals surface area (Å²) in [6.07, 6.45) is 0.681. The van der Waals surface area contributed by atoms with Crippen LogP contribution >= 0.6 is 0 Å². The monoisotopic (exact) mass is 278 g/mol. The van der Waals surface area contributed by atoms with Crippen LogP contribution in [-0.2, 0) is 15.0 Å². The van der Waals surface area contributed by atoms with Crippen molar-refractivity contribution in [3.63, 3.8) is 0 Å². The lowest BCUT2D eigenvalue weighted by Gasteiger charge is -2.36. The van der Waals surface area contributed by atoms with E-state index in [1.807, 2.05) is 0 Å². The van der Waals surface area contributed by atoms with Gasteiger partial charge in [0, 0.05) is 18.6 Å². The van der Waals surface area contributed by atoms with E-state index in [4.69, 9.17) is 5.11 Å². The Bertz CT molecular complexity index is 417. The van der Waals surface area contributed by atoms with Gasteiger partial charge in [-0.15, -0.1) is 0 Å². The van der Waals surface area contributed by atoms with Crippen LogP contribution < -0.4 is 4.72 Å². The van der Waals surface area contributed by atoms with E-state index in [0.717, 1.165) is 0 Å². The van der Waals surface area contributed by atoms with Crippen LogP contribution in [0, 0.1) is 5.41 Å². The number of hydrogen-bond acceptors (Lipinski definition) is 3. The molecule has 0 aromatic carbocycles. The number of nitrogens with one attached hydrogen (secondary N) is 1. The van der Waals surface area contributed by atoms with Crippen molar-refractivity contribution in [2.24, 2.45) is 5.41 Å². The number of nitrogens with zero attached hydrogens (tertiary/aromatic N) is 1. The lowest BCUT2D eigenvalue weighted by Crippen LogP contribution is -2.53. The third-order valence-corrected chi connectivity index (χ3v) is 5.03. The Hall–Kier alpha value is -0.660. The Kier molecular flexibility index (Phi) is 4.10. The molecule has 106 valence electrons. The molecule has 0 aliphatic carbocycles. The Morgan fingerprint density at radius 3 is 2.06 bits per heavy atom. The summed E-state index contributed by atoms with van der Waals surface area (Å²) in [6, 6.07) is 0. The number of aliphatic carboxylic acids is 1. The zero-order valence-electron chi connectivity index (χ0n) is 11.4. The van der Waals surface area contributed by atoms with E-state index in [1.54, 1.807) is 27.7 Å². The first-order valence-corrected chi connectivity index (χ1v) is 7.43. The fourth-order valence-electron chi connectivity index (χ4n) is 1.89. The molecule has 7 heteroatoms. The van der Waals surface area contributed by atoms with Crippen molar-refractivity contribution in [2.45, 2.75) is 46.1 Å². The SMILES string of the molecule is CC(C)(C)NS(=O)(=O)N1CCC(C)(C(=O)O)CC1. The minimum Gasteiger partial charge on any atom is -0.481 e. The highest BCUT2D eigenvalue weighted by molar-refractivity contribution is 7.87. The molecule has 0 aromatic heterocycles. The summed E-state index contributed by atoms with van der Waals surface area (Å²) >= 11 is 0. The summed E-state index contributed by atoms with van der Waals surface area (Å²) in [6.45, 7) is 7.47. The summed E-state index contributed by atoms with van der Waals surface area (Å²) in [5, 5.41) is 9.09. The van der Waals surface area contributed by atoms with Crippen molar-refractivity contribution >= 4 is 16.2 Å². The summed E-state index contributed by atoms with van der Waals surface area (Å²) in [7, 11) is -3.53. The predicted octanol–water partition coefficient (Wildman–Crippen LogP) is 0.806. The average Bonchev–Trinajstić information content (AvgIpc) is 2.14. The molecule has 0 unspecified atom stereocenters.